The Labute approximate surface area is 374 Å². The molecule has 304 valence electrons. The Morgan fingerprint density at radius 3 is 1.66 bits per heavy atom. The number of hydrogen-bond acceptors (Lipinski definition) is 3. The minimum Gasteiger partial charge on any atom is -0.456 e. The normalized spacial score (nSPS) is 12.7. The van der Waals surface area contributed by atoms with Gasteiger partial charge in [0.25, 0.3) is 0 Å². The average Bonchev–Trinajstić information content (AvgIpc) is 3.73. The second kappa shape index (κ2) is 15.2. The van der Waals surface area contributed by atoms with Crippen LogP contribution in [0.25, 0.3) is 66.1 Å². The number of nitrogens with zero attached hydrogens (tertiary/aromatic N) is 2. The van der Waals surface area contributed by atoms with E-state index in [2.05, 4.69) is 241 Å². The molecule has 0 bridgehead atoms. The van der Waals surface area contributed by atoms with E-state index < -0.39 is 8.07 Å². The molecule has 1 aromatic heterocycles. The largest absolute Gasteiger partial charge is 0.456 e. The van der Waals surface area contributed by atoms with Crippen LogP contribution in [0.5, 0.6) is 0 Å². The first-order valence-electron chi connectivity index (χ1n) is 22.1. The van der Waals surface area contributed by atoms with Gasteiger partial charge < -0.3 is 14.2 Å². The van der Waals surface area contributed by atoms with Crippen molar-refractivity contribution in [2.45, 2.75) is 13.1 Å². The third kappa shape index (κ3) is 6.17. The van der Waals surface area contributed by atoms with Crippen LogP contribution in [0.4, 0.5) is 34.1 Å². The smallest absolute Gasteiger partial charge is 0.135 e. The van der Waals surface area contributed by atoms with Gasteiger partial charge in [-0.25, -0.2) is 0 Å². The third-order valence-electron chi connectivity index (χ3n) is 13.3. The molecule has 0 amide bonds. The van der Waals surface area contributed by atoms with Crippen molar-refractivity contribution in [3.05, 3.63) is 231 Å². The Morgan fingerprint density at radius 1 is 0.328 bits per heavy atom. The summed E-state index contributed by atoms with van der Waals surface area (Å²) < 4.78 is 6.25. The molecule has 0 fully saturated rings. The summed E-state index contributed by atoms with van der Waals surface area (Å²) in [5.74, 6) is 0. The van der Waals surface area contributed by atoms with Gasteiger partial charge in [-0.05, 0) is 128 Å². The van der Waals surface area contributed by atoms with Gasteiger partial charge >= 0.3 is 0 Å². The van der Waals surface area contributed by atoms with Gasteiger partial charge in [0.05, 0.1) is 5.69 Å². The van der Waals surface area contributed by atoms with Crippen LogP contribution in [0.1, 0.15) is 0 Å². The zero-order valence-electron chi connectivity index (χ0n) is 35.7. The standard InChI is InChI=1S/C60H44N2OSi/c1-64(2)58-28-16-25-52-48(42-29-31-45(32-30-42)62(44-21-10-5-11-22-44)55-26-14-12-23-49(55)41-17-6-3-7-18-41)36-37-53(60(52)58)51-35-33-47(40-59(51)64)61(43-19-8-4-9-20-43)46-34-38-57-54(39-46)50-24-13-15-27-56(50)63-57/h3-40H,1-2H3. The van der Waals surface area contributed by atoms with E-state index in [0.717, 1.165) is 56.1 Å². The molecule has 11 aromatic rings. The molecule has 0 radical (unpaired) electrons. The first kappa shape index (κ1) is 37.8. The van der Waals surface area contributed by atoms with Crippen molar-refractivity contribution < 1.29 is 4.42 Å². The number of fused-ring (bicyclic) bond motifs is 5. The van der Waals surface area contributed by atoms with Crippen molar-refractivity contribution in [3.63, 3.8) is 0 Å². The van der Waals surface area contributed by atoms with E-state index in [-0.39, 0.29) is 0 Å². The minimum absolute atomic E-state index is 0.899. The number of anilines is 6. The van der Waals surface area contributed by atoms with Gasteiger partial charge in [-0.1, -0.05) is 165 Å². The van der Waals surface area contributed by atoms with E-state index in [4.69, 9.17) is 4.42 Å². The first-order chi connectivity index (χ1) is 31.5. The van der Waals surface area contributed by atoms with E-state index in [1.54, 1.807) is 0 Å². The number of rotatable bonds is 8. The summed E-state index contributed by atoms with van der Waals surface area (Å²) in [5.41, 5.74) is 16.1. The van der Waals surface area contributed by atoms with Gasteiger partial charge in [0.1, 0.15) is 19.2 Å². The summed E-state index contributed by atoms with van der Waals surface area (Å²) in [4.78, 5) is 4.77. The van der Waals surface area contributed by atoms with Crippen molar-refractivity contribution in [1.82, 2.24) is 0 Å². The summed E-state index contributed by atoms with van der Waals surface area (Å²) in [5, 5.41) is 7.88. The summed E-state index contributed by atoms with van der Waals surface area (Å²) in [7, 11) is -2.21. The second-order valence-electron chi connectivity index (χ2n) is 17.3. The Bertz CT molecular complexity index is 3520. The number of para-hydroxylation sites is 4. The van der Waals surface area contributed by atoms with Crippen LogP contribution in [0.15, 0.2) is 235 Å². The number of hydrogen-bond donors (Lipinski definition) is 0. The molecule has 1 aliphatic heterocycles. The molecular formula is C60H44N2OSi. The van der Waals surface area contributed by atoms with Crippen molar-refractivity contribution in [1.29, 1.82) is 0 Å². The molecule has 0 saturated heterocycles. The highest BCUT2D eigenvalue weighted by Crippen LogP contribution is 2.45. The molecule has 0 aliphatic carbocycles. The lowest BCUT2D eigenvalue weighted by Gasteiger charge is -2.35. The van der Waals surface area contributed by atoms with Gasteiger partial charge in [-0.15, -0.1) is 0 Å². The predicted octanol–water partition coefficient (Wildman–Crippen LogP) is 15.8. The molecule has 12 rings (SSSR count). The first-order valence-corrected chi connectivity index (χ1v) is 25.1. The fourth-order valence-corrected chi connectivity index (χ4v) is 13.3. The molecule has 0 unspecified atom stereocenters. The highest BCUT2D eigenvalue weighted by Gasteiger charge is 2.36. The summed E-state index contributed by atoms with van der Waals surface area (Å²) in [6, 6.07) is 83.7. The van der Waals surface area contributed by atoms with Crippen LogP contribution < -0.4 is 20.2 Å². The minimum atomic E-state index is -2.21. The van der Waals surface area contributed by atoms with Crippen LogP contribution in [-0.4, -0.2) is 8.07 Å². The lowest BCUT2D eigenvalue weighted by atomic mass is 9.91. The molecule has 2 heterocycles. The fraction of sp³-hybridized carbons (Fsp3) is 0.0333. The van der Waals surface area contributed by atoms with Gasteiger partial charge in [0, 0.05) is 44.8 Å². The van der Waals surface area contributed by atoms with Gasteiger partial charge in [0.2, 0.25) is 0 Å². The van der Waals surface area contributed by atoms with E-state index in [9.17, 15) is 0 Å². The molecule has 0 spiro atoms. The quantitative estimate of drug-likeness (QED) is 0.142. The van der Waals surface area contributed by atoms with Crippen molar-refractivity contribution >= 4 is 85.3 Å². The van der Waals surface area contributed by atoms with Gasteiger partial charge in [0.15, 0.2) is 0 Å². The summed E-state index contributed by atoms with van der Waals surface area (Å²) in [6.45, 7) is 5.05. The lowest BCUT2D eigenvalue weighted by molar-refractivity contribution is 0.669. The summed E-state index contributed by atoms with van der Waals surface area (Å²) in [6.07, 6.45) is 0. The molecule has 0 saturated carbocycles. The van der Waals surface area contributed by atoms with Gasteiger partial charge in [-0.3, -0.25) is 0 Å². The van der Waals surface area contributed by atoms with Crippen LogP contribution in [0.2, 0.25) is 13.1 Å². The van der Waals surface area contributed by atoms with Crippen molar-refractivity contribution in [3.8, 4) is 33.4 Å². The van der Waals surface area contributed by atoms with Gasteiger partial charge in [-0.2, -0.15) is 0 Å². The molecule has 4 heteroatoms. The van der Waals surface area contributed by atoms with Crippen LogP contribution in [-0.2, 0) is 0 Å². The van der Waals surface area contributed by atoms with E-state index in [1.807, 2.05) is 12.1 Å². The predicted molar refractivity (Wildman–Crippen MR) is 274 cm³/mol. The van der Waals surface area contributed by atoms with Crippen LogP contribution in [0.3, 0.4) is 0 Å². The van der Waals surface area contributed by atoms with E-state index in [1.165, 1.54) is 54.5 Å². The highest BCUT2D eigenvalue weighted by atomic mass is 28.3. The average molecular weight is 837 g/mol. The topological polar surface area (TPSA) is 19.6 Å². The fourth-order valence-electron chi connectivity index (χ4n) is 10.2. The van der Waals surface area contributed by atoms with Crippen molar-refractivity contribution in [2.24, 2.45) is 0 Å². The number of furan rings is 1. The SMILES string of the molecule is C[Si]1(C)c2cc(N(c3ccccc3)c3ccc4oc5ccccc5c4c3)ccc2-c2ccc(-c3ccc(N(c4ccccc4)c4ccccc4-c4ccccc4)cc3)c3cccc1c23. The second-order valence-corrected chi connectivity index (χ2v) is 21.6. The molecule has 1 aliphatic rings. The highest BCUT2D eigenvalue weighted by molar-refractivity contribution is 7.03. The maximum Gasteiger partial charge on any atom is 0.135 e. The Kier molecular flexibility index (Phi) is 8.96. The zero-order valence-corrected chi connectivity index (χ0v) is 36.7. The maximum absolute atomic E-state index is 6.25. The van der Waals surface area contributed by atoms with Crippen LogP contribution >= 0.6 is 0 Å². The molecule has 3 nitrogen and oxygen atoms in total. The van der Waals surface area contributed by atoms with E-state index >= 15 is 0 Å². The third-order valence-corrected chi connectivity index (χ3v) is 16.8. The lowest BCUT2D eigenvalue weighted by Crippen LogP contribution is -2.56. The zero-order chi connectivity index (χ0) is 42.8. The van der Waals surface area contributed by atoms with Crippen molar-refractivity contribution in [2.75, 3.05) is 9.80 Å². The van der Waals surface area contributed by atoms with E-state index in [0.29, 0.717) is 0 Å². The van der Waals surface area contributed by atoms with Crippen LogP contribution in [0, 0.1) is 0 Å². The molecule has 64 heavy (non-hydrogen) atoms. The Morgan fingerprint density at radius 2 is 0.875 bits per heavy atom. The number of benzene rings is 10. The molecule has 0 atom stereocenters. The summed E-state index contributed by atoms with van der Waals surface area (Å²) >= 11 is 0. The molecular weight excluding hydrogens is 793 g/mol. The Balaban J connectivity index is 0.953. The molecule has 10 aromatic carbocycles. The molecule has 0 N–H and O–H groups in total. The monoisotopic (exact) mass is 836 g/mol. The maximum atomic E-state index is 6.25. The Hall–Kier alpha value is -7.92.